The fourth-order valence-corrected chi connectivity index (χ4v) is 7.40. The Balaban J connectivity index is 1.17. The van der Waals surface area contributed by atoms with Gasteiger partial charge >= 0.3 is 6.18 Å². The molecule has 2 N–H and O–H groups in total. The Morgan fingerprint density at radius 2 is 1.74 bits per heavy atom. The monoisotopic (exact) mass is 568 g/mol. The van der Waals surface area contributed by atoms with Crippen molar-refractivity contribution >= 4 is 26.7 Å². The standard InChI is InChI=1S/C27H39F3N6O2S/c1-3-39(37,38)34-20-10-8-19(9-11-20)16-35-14-12-26(13-15-35)17-36(18-26)25-21-6-4-5-7-22(21)32-24(33-25)23(31-2)27(28,29)30/h4-7,19-20,23,31,34H,3,8-18H2,1-2H3. The lowest BCUT2D eigenvalue weighted by atomic mass is 9.71. The first kappa shape index (κ1) is 28.5. The summed E-state index contributed by atoms with van der Waals surface area (Å²) in [4.78, 5) is 13.3. The Bertz CT molecular complexity index is 1250. The molecule has 8 nitrogen and oxygen atoms in total. The third-order valence-electron chi connectivity index (χ3n) is 8.83. The molecule has 1 spiro atoms. The van der Waals surface area contributed by atoms with Crippen molar-refractivity contribution in [2.24, 2.45) is 11.3 Å². The minimum absolute atomic E-state index is 0.0645. The number of halogens is 3. The van der Waals surface area contributed by atoms with Gasteiger partial charge in [-0.3, -0.25) is 0 Å². The first-order valence-electron chi connectivity index (χ1n) is 14.0. The Morgan fingerprint density at radius 1 is 1.08 bits per heavy atom. The maximum Gasteiger partial charge on any atom is 0.411 e. The molecule has 3 aliphatic rings. The molecule has 1 aromatic carbocycles. The van der Waals surface area contributed by atoms with Crippen LogP contribution in [0.3, 0.4) is 0 Å². The molecule has 2 aliphatic heterocycles. The molecule has 2 saturated heterocycles. The third kappa shape index (κ3) is 6.34. The van der Waals surface area contributed by atoms with Gasteiger partial charge in [0.15, 0.2) is 11.9 Å². The third-order valence-corrected chi connectivity index (χ3v) is 10.3. The van der Waals surface area contributed by atoms with Crippen molar-refractivity contribution in [2.75, 3.05) is 50.4 Å². The van der Waals surface area contributed by atoms with Crippen LogP contribution in [0.25, 0.3) is 10.9 Å². The normalized spacial score (nSPS) is 25.1. The molecule has 0 bridgehead atoms. The van der Waals surface area contributed by atoms with Crippen molar-refractivity contribution in [3.63, 3.8) is 0 Å². The summed E-state index contributed by atoms with van der Waals surface area (Å²) in [7, 11) is -1.87. The summed E-state index contributed by atoms with van der Waals surface area (Å²) >= 11 is 0. The van der Waals surface area contributed by atoms with Crippen LogP contribution < -0.4 is 14.9 Å². The molecular weight excluding hydrogens is 529 g/mol. The van der Waals surface area contributed by atoms with Gasteiger partial charge in [0.2, 0.25) is 10.0 Å². The van der Waals surface area contributed by atoms with E-state index in [0.29, 0.717) is 17.3 Å². The summed E-state index contributed by atoms with van der Waals surface area (Å²) in [5, 5.41) is 3.11. The number of alkyl halides is 3. The number of hydrogen-bond acceptors (Lipinski definition) is 7. The number of fused-ring (bicyclic) bond motifs is 1. The molecule has 1 saturated carbocycles. The van der Waals surface area contributed by atoms with E-state index in [4.69, 9.17) is 0 Å². The van der Waals surface area contributed by atoms with Crippen molar-refractivity contribution in [1.82, 2.24) is 24.9 Å². The molecule has 1 atom stereocenters. The molecule has 3 fully saturated rings. The number of benzene rings is 1. The van der Waals surface area contributed by atoms with Gasteiger partial charge in [0.25, 0.3) is 0 Å². The minimum Gasteiger partial charge on any atom is -0.355 e. The zero-order valence-corrected chi connectivity index (χ0v) is 23.5. The van der Waals surface area contributed by atoms with Crippen LogP contribution in [0.5, 0.6) is 0 Å². The van der Waals surface area contributed by atoms with Crippen LogP contribution in [0, 0.1) is 11.3 Å². The van der Waals surface area contributed by atoms with Gasteiger partial charge in [-0.25, -0.2) is 23.1 Å². The zero-order chi connectivity index (χ0) is 27.8. The van der Waals surface area contributed by atoms with E-state index < -0.39 is 22.2 Å². The van der Waals surface area contributed by atoms with E-state index in [1.165, 1.54) is 7.05 Å². The molecule has 3 heterocycles. The van der Waals surface area contributed by atoms with Crippen molar-refractivity contribution < 1.29 is 21.6 Å². The highest BCUT2D eigenvalue weighted by molar-refractivity contribution is 7.89. The van der Waals surface area contributed by atoms with Crippen LogP contribution in [0.1, 0.15) is 57.3 Å². The molecule has 12 heteroatoms. The second kappa shape index (κ2) is 11.1. The smallest absolute Gasteiger partial charge is 0.355 e. The van der Waals surface area contributed by atoms with Crippen LogP contribution >= 0.6 is 0 Å². The molecule has 0 amide bonds. The summed E-state index contributed by atoms with van der Waals surface area (Å²) in [6, 6.07) is 5.43. The number of anilines is 1. The molecule has 1 aromatic heterocycles. The summed E-state index contributed by atoms with van der Waals surface area (Å²) in [6.07, 6.45) is 1.52. The molecule has 0 radical (unpaired) electrons. The van der Waals surface area contributed by atoms with Crippen molar-refractivity contribution in [3.05, 3.63) is 30.1 Å². The van der Waals surface area contributed by atoms with Gasteiger partial charge in [-0.2, -0.15) is 13.2 Å². The fourth-order valence-electron chi connectivity index (χ4n) is 6.49. The summed E-state index contributed by atoms with van der Waals surface area (Å²) in [5.74, 6) is 1.06. The number of nitrogens with zero attached hydrogens (tertiary/aromatic N) is 4. The number of aromatic nitrogens is 2. The van der Waals surface area contributed by atoms with Gasteiger partial charge < -0.3 is 15.1 Å². The number of piperidine rings is 1. The lowest BCUT2D eigenvalue weighted by Crippen LogP contribution is -2.61. The summed E-state index contributed by atoms with van der Waals surface area (Å²) < 4.78 is 67.5. The number of likely N-dealkylation sites (tertiary alicyclic amines) is 1. The average Bonchev–Trinajstić information content (AvgIpc) is 2.88. The first-order chi connectivity index (χ1) is 18.5. The number of sulfonamides is 1. The molecule has 2 aromatic rings. The lowest BCUT2D eigenvalue weighted by Gasteiger charge is -2.55. The van der Waals surface area contributed by atoms with E-state index in [1.54, 1.807) is 19.1 Å². The quantitative estimate of drug-likeness (QED) is 0.500. The zero-order valence-electron chi connectivity index (χ0n) is 22.7. The molecule has 1 unspecified atom stereocenters. The number of rotatable bonds is 8. The van der Waals surface area contributed by atoms with Gasteiger partial charge in [0.1, 0.15) is 5.82 Å². The number of para-hydroxylation sites is 1. The maximum absolute atomic E-state index is 13.6. The predicted molar refractivity (Wildman–Crippen MR) is 146 cm³/mol. The van der Waals surface area contributed by atoms with Gasteiger partial charge in [0, 0.05) is 36.5 Å². The Morgan fingerprint density at radius 3 is 2.36 bits per heavy atom. The van der Waals surface area contributed by atoms with E-state index in [9.17, 15) is 21.6 Å². The minimum atomic E-state index is -4.49. The maximum atomic E-state index is 13.6. The molecule has 1 aliphatic carbocycles. The molecule has 39 heavy (non-hydrogen) atoms. The van der Waals surface area contributed by atoms with E-state index in [1.807, 2.05) is 12.1 Å². The topological polar surface area (TPSA) is 90.5 Å². The van der Waals surface area contributed by atoms with Crippen molar-refractivity contribution in [1.29, 1.82) is 0 Å². The fraction of sp³-hybridized carbons (Fsp3) is 0.704. The predicted octanol–water partition coefficient (Wildman–Crippen LogP) is 3.85. The Kier molecular flexibility index (Phi) is 8.11. The van der Waals surface area contributed by atoms with Gasteiger partial charge in [-0.05, 0) is 83.6 Å². The van der Waals surface area contributed by atoms with Crippen LogP contribution in [0.2, 0.25) is 0 Å². The van der Waals surface area contributed by atoms with Crippen LogP contribution in [-0.4, -0.2) is 81.0 Å². The van der Waals surface area contributed by atoms with Crippen LogP contribution in [0.4, 0.5) is 19.0 Å². The van der Waals surface area contributed by atoms with Gasteiger partial charge in [0.05, 0.1) is 11.3 Å². The first-order valence-corrected chi connectivity index (χ1v) is 15.6. The number of hydrogen-bond donors (Lipinski definition) is 2. The van der Waals surface area contributed by atoms with E-state index in [2.05, 4.69) is 29.8 Å². The van der Waals surface area contributed by atoms with Crippen LogP contribution in [-0.2, 0) is 10.0 Å². The Labute approximate surface area is 228 Å². The largest absolute Gasteiger partial charge is 0.411 e. The molecule has 216 valence electrons. The lowest BCUT2D eigenvalue weighted by molar-refractivity contribution is -0.158. The van der Waals surface area contributed by atoms with Crippen molar-refractivity contribution in [2.45, 2.75) is 63.7 Å². The Hall–Kier alpha value is -2.02. The van der Waals surface area contributed by atoms with Gasteiger partial charge in [-0.15, -0.1) is 0 Å². The second-order valence-corrected chi connectivity index (χ2v) is 13.6. The van der Waals surface area contributed by atoms with Gasteiger partial charge in [-0.1, -0.05) is 12.1 Å². The number of nitrogens with one attached hydrogen (secondary N) is 2. The van der Waals surface area contributed by atoms with Crippen molar-refractivity contribution in [3.8, 4) is 0 Å². The second-order valence-electron chi connectivity index (χ2n) is 11.6. The summed E-state index contributed by atoms with van der Waals surface area (Å²) in [6.45, 7) is 6.33. The highest BCUT2D eigenvalue weighted by Crippen LogP contribution is 2.44. The highest BCUT2D eigenvalue weighted by Gasteiger charge is 2.47. The average molecular weight is 569 g/mol. The van der Waals surface area contributed by atoms with E-state index >= 15 is 0 Å². The van der Waals surface area contributed by atoms with E-state index in [-0.39, 0.29) is 23.0 Å². The SMILES string of the molecule is CCS(=O)(=O)NC1CCC(CN2CCC3(CC2)CN(c2nc(C(NC)C(F)(F)F)nc4ccccc24)C3)CC1. The molecular formula is C27H39F3N6O2S. The molecule has 5 rings (SSSR count). The summed E-state index contributed by atoms with van der Waals surface area (Å²) in [5.41, 5.74) is 0.695. The van der Waals surface area contributed by atoms with E-state index in [0.717, 1.165) is 76.6 Å². The van der Waals surface area contributed by atoms with Crippen LogP contribution in [0.15, 0.2) is 24.3 Å². The highest BCUT2D eigenvalue weighted by atomic mass is 32.2.